The summed E-state index contributed by atoms with van der Waals surface area (Å²) in [5, 5.41) is 3.45. The van der Waals surface area contributed by atoms with Crippen molar-refractivity contribution in [2.45, 2.75) is 32.5 Å². The molecule has 2 heteroatoms. The van der Waals surface area contributed by atoms with E-state index in [1.54, 1.807) is 0 Å². The summed E-state index contributed by atoms with van der Waals surface area (Å²) in [6.07, 6.45) is 0.0601. The second kappa shape index (κ2) is 3.37. The highest BCUT2D eigenvalue weighted by Gasteiger charge is 2.31. The first kappa shape index (κ1) is 9.69. The van der Waals surface area contributed by atoms with Crippen molar-refractivity contribution in [3.05, 3.63) is 35.4 Å². The second-order valence-corrected chi connectivity index (χ2v) is 4.63. The minimum atomic E-state index is 0.0601. The number of hydrogen-bond acceptors (Lipinski definition) is 2. The van der Waals surface area contributed by atoms with Crippen LogP contribution in [0, 0.1) is 6.92 Å². The Morgan fingerprint density at radius 1 is 1.43 bits per heavy atom. The van der Waals surface area contributed by atoms with Crippen molar-refractivity contribution >= 4 is 0 Å². The maximum Gasteiger partial charge on any atom is 0.134 e. The SMILES string of the molecule is Cc1cccc(C2NC(C)(C)CO2)c1. The molecule has 1 unspecified atom stereocenters. The topological polar surface area (TPSA) is 21.3 Å². The zero-order chi connectivity index (χ0) is 10.2. The molecule has 1 heterocycles. The molecule has 0 saturated carbocycles. The number of rotatable bonds is 1. The highest BCUT2D eigenvalue weighted by atomic mass is 16.5. The van der Waals surface area contributed by atoms with Crippen LogP contribution in [0.15, 0.2) is 24.3 Å². The standard InChI is InChI=1S/C12H17NO/c1-9-5-4-6-10(7-9)11-13-12(2,3)8-14-11/h4-7,11,13H,8H2,1-3H3. The average molecular weight is 191 g/mol. The van der Waals surface area contributed by atoms with Crippen LogP contribution in [0.2, 0.25) is 0 Å². The van der Waals surface area contributed by atoms with Crippen molar-refractivity contribution in [1.29, 1.82) is 0 Å². The van der Waals surface area contributed by atoms with E-state index >= 15 is 0 Å². The molecule has 1 saturated heterocycles. The summed E-state index contributed by atoms with van der Waals surface area (Å²) in [5.41, 5.74) is 2.59. The first-order chi connectivity index (χ1) is 6.57. The third kappa shape index (κ3) is 1.97. The van der Waals surface area contributed by atoms with Gasteiger partial charge in [0.05, 0.1) is 6.61 Å². The van der Waals surface area contributed by atoms with Gasteiger partial charge in [-0.2, -0.15) is 0 Å². The number of hydrogen-bond donors (Lipinski definition) is 1. The molecule has 1 N–H and O–H groups in total. The van der Waals surface area contributed by atoms with Gasteiger partial charge in [0.15, 0.2) is 0 Å². The first-order valence-corrected chi connectivity index (χ1v) is 5.03. The van der Waals surface area contributed by atoms with Crippen LogP contribution < -0.4 is 5.32 Å². The summed E-state index contributed by atoms with van der Waals surface area (Å²) in [5.74, 6) is 0. The van der Waals surface area contributed by atoms with E-state index in [1.807, 2.05) is 0 Å². The van der Waals surface area contributed by atoms with E-state index in [0.29, 0.717) is 0 Å². The van der Waals surface area contributed by atoms with Crippen molar-refractivity contribution in [2.24, 2.45) is 0 Å². The molecule has 0 aliphatic carbocycles. The summed E-state index contributed by atoms with van der Waals surface area (Å²) in [6.45, 7) is 7.18. The molecule has 1 aliphatic heterocycles. The first-order valence-electron chi connectivity index (χ1n) is 5.03. The molecule has 2 nitrogen and oxygen atoms in total. The lowest BCUT2D eigenvalue weighted by Crippen LogP contribution is -2.35. The summed E-state index contributed by atoms with van der Waals surface area (Å²) in [4.78, 5) is 0. The van der Waals surface area contributed by atoms with E-state index in [9.17, 15) is 0 Å². The van der Waals surface area contributed by atoms with E-state index < -0.39 is 0 Å². The Morgan fingerprint density at radius 3 is 2.79 bits per heavy atom. The van der Waals surface area contributed by atoms with E-state index in [0.717, 1.165) is 6.61 Å². The molecule has 2 rings (SSSR count). The predicted molar refractivity (Wildman–Crippen MR) is 57.1 cm³/mol. The zero-order valence-corrected chi connectivity index (χ0v) is 9.00. The number of ether oxygens (including phenoxy) is 1. The van der Waals surface area contributed by atoms with Crippen LogP contribution in [-0.4, -0.2) is 12.1 Å². The minimum absolute atomic E-state index is 0.0601. The van der Waals surface area contributed by atoms with Gasteiger partial charge in [-0.1, -0.05) is 29.8 Å². The van der Waals surface area contributed by atoms with Gasteiger partial charge < -0.3 is 4.74 Å². The molecule has 76 valence electrons. The molecular weight excluding hydrogens is 174 g/mol. The Hall–Kier alpha value is -0.860. The van der Waals surface area contributed by atoms with E-state index in [-0.39, 0.29) is 11.8 Å². The molecule has 1 aromatic rings. The fraction of sp³-hybridized carbons (Fsp3) is 0.500. The van der Waals surface area contributed by atoms with Crippen LogP contribution in [0.25, 0.3) is 0 Å². The molecule has 1 aromatic carbocycles. The lowest BCUT2D eigenvalue weighted by atomic mass is 10.1. The summed E-state index contributed by atoms with van der Waals surface area (Å²) < 4.78 is 5.70. The highest BCUT2D eigenvalue weighted by molar-refractivity contribution is 5.24. The van der Waals surface area contributed by atoms with E-state index in [2.05, 4.69) is 50.4 Å². The molecule has 0 aromatic heterocycles. The molecule has 14 heavy (non-hydrogen) atoms. The lowest BCUT2D eigenvalue weighted by molar-refractivity contribution is 0.0989. The van der Waals surface area contributed by atoms with Crippen molar-refractivity contribution < 1.29 is 4.74 Å². The zero-order valence-electron chi connectivity index (χ0n) is 9.00. The summed E-state index contributed by atoms with van der Waals surface area (Å²) in [7, 11) is 0. The molecule has 1 aliphatic rings. The van der Waals surface area contributed by atoms with Gasteiger partial charge in [0, 0.05) is 5.54 Å². The molecular formula is C12H17NO. The van der Waals surface area contributed by atoms with Crippen LogP contribution in [0.4, 0.5) is 0 Å². The second-order valence-electron chi connectivity index (χ2n) is 4.63. The fourth-order valence-electron chi connectivity index (χ4n) is 1.74. The molecule has 0 spiro atoms. The van der Waals surface area contributed by atoms with Crippen LogP contribution in [0.5, 0.6) is 0 Å². The van der Waals surface area contributed by atoms with Gasteiger partial charge in [0.1, 0.15) is 6.23 Å². The number of aryl methyl sites for hydroxylation is 1. The number of nitrogens with one attached hydrogen (secondary N) is 1. The number of benzene rings is 1. The van der Waals surface area contributed by atoms with Gasteiger partial charge >= 0.3 is 0 Å². The van der Waals surface area contributed by atoms with Crippen molar-refractivity contribution in [1.82, 2.24) is 5.32 Å². The van der Waals surface area contributed by atoms with Crippen LogP contribution in [0.1, 0.15) is 31.2 Å². The normalized spacial score (nSPS) is 25.2. The van der Waals surface area contributed by atoms with Crippen LogP contribution in [-0.2, 0) is 4.74 Å². The maximum absolute atomic E-state index is 5.70. The smallest absolute Gasteiger partial charge is 0.134 e. The van der Waals surface area contributed by atoms with E-state index in [1.165, 1.54) is 11.1 Å². The Balaban J connectivity index is 2.17. The molecule has 0 bridgehead atoms. The Morgan fingerprint density at radius 2 is 2.21 bits per heavy atom. The summed E-state index contributed by atoms with van der Waals surface area (Å²) in [6, 6.07) is 8.44. The minimum Gasteiger partial charge on any atom is -0.357 e. The monoisotopic (exact) mass is 191 g/mol. The predicted octanol–water partition coefficient (Wildman–Crippen LogP) is 2.39. The Kier molecular flexibility index (Phi) is 2.33. The fourth-order valence-corrected chi connectivity index (χ4v) is 1.74. The van der Waals surface area contributed by atoms with Crippen molar-refractivity contribution in [2.75, 3.05) is 6.61 Å². The van der Waals surface area contributed by atoms with Gasteiger partial charge in [-0.25, -0.2) is 0 Å². The van der Waals surface area contributed by atoms with Gasteiger partial charge in [-0.05, 0) is 26.3 Å². The van der Waals surface area contributed by atoms with Crippen LogP contribution in [0.3, 0.4) is 0 Å². The van der Waals surface area contributed by atoms with E-state index in [4.69, 9.17) is 4.74 Å². The highest BCUT2D eigenvalue weighted by Crippen LogP contribution is 2.25. The molecule has 1 fully saturated rings. The largest absolute Gasteiger partial charge is 0.357 e. The third-order valence-electron chi connectivity index (χ3n) is 2.48. The van der Waals surface area contributed by atoms with Gasteiger partial charge in [0.25, 0.3) is 0 Å². The van der Waals surface area contributed by atoms with Crippen molar-refractivity contribution in [3.8, 4) is 0 Å². The quantitative estimate of drug-likeness (QED) is 0.736. The summed E-state index contributed by atoms with van der Waals surface area (Å²) >= 11 is 0. The lowest BCUT2D eigenvalue weighted by Gasteiger charge is -2.17. The van der Waals surface area contributed by atoms with Gasteiger partial charge in [-0.3, -0.25) is 5.32 Å². The average Bonchev–Trinajstić information content (AvgIpc) is 2.46. The van der Waals surface area contributed by atoms with Gasteiger partial charge in [-0.15, -0.1) is 0 Å². The maximum atomic E-state index is 5.70. The van der Waals surface area contributed by atoms with Crippen LogP contribution >= 0.6 is 0 Å². The Labute approximate surface area is 85.3 Å². The third-order valence-corrected chi connectivity index (χ3v) is 2.48. The molecule has 1 atom stereocenters. The van der Waals surface area contributed by atoms with Gasteiger partial charge in [0.2, 0.25) is 0 Å². The molecule has 0 radical (unpaired) electrons. The molecule has 0 amide bonds. The Bertz CT molecular complexity index is 333. The van der Waals surface area contributed by atoms with Crippen molar-refractivity contribution in [3.63, 3.8) is 0 Å².